The van der Waals surface area contributed by atoms with E-state index in [9.17, 15) is 29.9 Å². The van der Waals surface area contributed by atoms with Crippen molar-refractivity contribution < 1.29 is 44.2 Å². The van der Waals surface area contributed by atoms with Gasteiger partial charge in [0.15, 0.2) is 28.2 Å². The lowest BCUT2D eigenvalue weighted by molar-refractivity contribution is -0.394. The molecule has 6 atom stereocenters. The highest BCUT2D eigenvalue weighted by molar-refractivity contribution is 6.24. The fourth-order valence-electron chi connectivity index (χ4n) is 6.94. The van der Waals surface area contributed by atoms with Crippen molar-refractivity contribution in [1.82, 2.24) is 0 Å². The smallest absolute Gasteiger partial charge is 0.327 e. The molecule has 9 heteroatoms. The Balaban J connectivity index is 1.85. The van der Waals surface area contributed by atoms with E-state index in [0.717, 1.165) is 7.11 Å². The van der Waals surface area contributed by atoms with Crippen LogP contribution in [0.25, 0.3) is 0 Å². The van der Waals surface area contributed by atoms with Crippen LogP contribution in [0.4, 0.5) is 0 Å². The first-order valence-electron chi connectivity index (χ1n) is 11.5. The highest BCUT2D eigenvalue weighted by atomic mass is 17.1. The average molecular weight is 492 g/mol. The van der Waals surface area contributed by atoms with Crippen molar-refractivity contribution in [2.45, 2.75) is 36.4 Å². The average Bonchev–Trinajstić information content (AvgIpc) is 3.29. The van der Waals surface area contributed by atoms with Crippen LogP contribution in [0, 0.1) is 17.3 Å². The molecule has 0 saturated carbocycles. The van der Waals surface area contributed by atoms with Crippen molar-refractivity contribution in [1.29, 1.82) is 0 Å². The monoisotopic (exact) mass is 492 g/mol. The number of carbonyl (C=O) groups excluding carboxylic acids is 3. The van der Waals surface area contributed by atoms with Gasteiger partial charge in [-0.1, -0.05) is 54.6 Å². The quantitative estimate of drug-likeness (QED) is 0.141. The Morgan fingerprint density at radius 1 is 1.06 bits per heavy atom. The predicted octanol–water partition coefficient (Wildman–Crippen LogP) is 1.76. The summed E-state index contributed by atoms with van der Waals surface area (Å²) >= 11 is 0. The van der Waals surface area contributed by atoms with Crippen LogP contribution < -0.4 is 0 Å². The minimum absolute atomic E-state index is 0.0318. The molecule has 0 fully saturated rings. The van der Waals surface area contributed by atoms with Gasteiger partial charge in [0.05, 0.1) is 24.5 Å². The van der Waals surface area contributed by atoms with Gasteiger partial charge in [-0.25, -0.2) is 5.26 Å². The first-order chi connectivity index (χ1) is 17.0. The molecule has 1 heterocycles. The van der Waals surface area contributed by atoms with Crippen LogP contribution in [0.2, 0.25) is 0 Å². The Hall–Kier alpha value is -3.21. The number of aliphatic hydroxyl groups is 2. The topological polar surface area (TPSA) is 140 Å². The Labute approximate surface area is 205 Å². The molecule has 3 N–H and O–H groups in total. The van der Waals surface area contributed by atoms with Gasteiger partial charge in [0.1, 0.15) is 0 Å². The summed E-state index contributed by atoms with van der Waals surface area (Å²) in [5.41, 5.74) is -9.38. The number of allylic oxidation sites excluding steroid dienone is 3. The van der Waals surface area contributed by atoms with Gasteiger partial charge in [0, 0.05) is 22.3 Å². The summed E-state index contributed by atoms with van der Waals surface area (Å²) in [5.74, 6) is -7.72. The fraction of sp³-hybridized carbons (Fsp3) is 0.370. The minimum Gasteiger partial charge on any atom is -0.468 e. The van der Waals surface area contributed by atoms with E-state index in [0.29, 0.717) is 0 Å². The van der Waals surface area contributed by atoms with Gasteiger partial charge in [0.25, 0.3) is 0 Å². The second kappa shape index (κ2) is 6.76. The zero-order valence-electron chi connectivity index (χ0n) is 19.7. The Kier molecular flexibility index (Phi) is 4.35. The molecule has 0 amide bonds. The second-order valence-corrected chi connectivity index (χ2v) is 10.3. The maximum absolute atomic E-state index is 14.5. The lowest BCUT2D eigenvalue weighted by Crippen LogP contribution is -2.69. The fourth-order valence-corrected chi connectivity index (χ4v) is 6.94. The largest absolute Gasteiger partial charge is 0.468 e. The van der Waals surface area contributed by atoms with Crippen LogP contribution in [-0.2, 0) is 29.6 Å². The SMILES string of the molecule is COC(=O)C12C(=O)c3ccccc3C(O)(C3=C1C(O)(OO)C1C=CC=CC1C3=O)C21C=CC(C)(C)O1. The molecular weight excluding hydrogens is 468 g/mol. The van der Waals surface area contributed by atoms with Crippen LogP contribution >= 0.6 is 0 Å². The number of hydrogen-bond donors (Lipinski definition) is 3. The number of rotatable bonds is 2. The van der Waals surface area contributed by atoms with E-state index in [1.165, 1.54) is 30.4 Å². The van der Waals surface area contributed by atoms with Crippen molar-refractivity contribution in [3.05, 3.63) is 83.0 Å². The van der Waals surface area contributed by atoms with E-state index in [2.05, 4.69) is 0 Å². The Morgan fingerprint density at radius 2 is 1.75 bits per heavy atom. The van der Waals surface area contributed by atoms with E-state index in [-0.39, 0.29) is 11.1 Å². The summed E-state index contributed by atoms with van der Waals surface area (Å²) < 4.78 is 11.5. The molecule has 186 valence electrons. The molecule has 6 unspecified atom stereocenters. The summed E-state index contributed by atoms with van der Waals surface area (Å²) in [7, 11) is 1.05. The van der Waals surface area contributed by atoms with Crippen LogP contribution in [-0.4, -0.2) is 57.1 Å². The number of carbonyl (C=O) groups is 3. The number of benzene rings is 1. The van der Waals surface area contributed by atoms with E-state index >= 15 is 0 Å². The van der Waals surface area contributed by atoms with Gasteiger partial charge in [-0.15, -0.1) is 0 Å². The number of Topliss-reactive ketones (excluding diaryl/α,β-unsaturated/α-hetero) is 2. The van der Waals surface area contributed by atoms with Crippen LogP contribution in [0.3, 0.4) is 0 Å². The van der Waals surface area contributed by atoms with Crippen molar-refractivity contribution >= 4 is 17.5 Å². The molecule has 4 aliphatic carbocycles. The van der Waals surface area contributed by atoms with Crippen LogP contribution in [0.1, 0.15) is 29.8 Å². The lowest BCUT2D eigenvalue weighted by atomic mass is 9.55. The maximum atomic E-state index is 14.5. The van der Waals surface area contributed by atoms with E-state index in [1.54, 1.807) is 44.2 Å². The molecule has 6 rings (SSSR count). The first-order valence-corrected chi connectivity index (χ1v) is 11.5. The molecule has 1 aromatic carbocycles. The molecule has 36 heavy (non-hydrogen) atoms. The van der Waals surface area contributed by atoms with Gasteiger partial charge in [-0.2, -0.15) is 4.89 Å². The molecule has 1 spiro atoms. The first kappa shape index (κ1) is 23.2. The summed E-state index contributed by atoms with van der Waals surface area (Å²) in [6.45, 7) is 3.33. The van der Waals surface area contributed by atoms with Crippen molar-refractivity contribution in [2.24, 2.45) is 17.3 Å². The van der Waals surface area contributed by atoms with Gasteiger partial charge in [-0.3, -0.25) is 14.4 Å². The van der Waals surface area contributed by atoms with E-state index in [1.807, 2.05) is 0 Å². The minimum atomic E-state index is -2.76. The molecule has 2 bridgehead atoms. The van der Waals surface area contributed by atoms with Gasteiger partial charge in [0.2, 0.25) is 5.79 Å². The molecule has 0 saturated heterocycles. The third-order valence-electron chi connectivity index (χ3n) is 8.25. The third-order valence-corrected chi connectivity index (χ3v) is 8.25. The van der Waals surface area contributed by atoms with Crippen molar-refractivity contribution in [3.63, 3.8) is 0 Å². The Morgan fingerprint density at radius 3 is 2.39 bits per heavy atom. The number of methoxy groups -OCH3 is 1. The number of ketones is 2. The van der Waals surface area contributed by atoms with E-state index in [4.69, 9.17) is 14.4 Å². The molecular formula is C27H24O9. The van der Waals surface area contributed by atoms with Gasteiger partial charge in [-0.05, 0) is 19.9 Å². The predicted molar refractivity (Wildman–Crippen MR) is 122 cm³/mol. The van der Waals surface area contributed by atoms with Crippen LogP contribution in [0.5, 0.6) is 0 Å². The number of fused-ring (bicyclic) bond motifs is 5. The summed E-state index contributed by atoms with van der Waals surface area (Å²) in [5, 5.41) is 34.9. The third kappa shape index (κ3) is 2.15. The molecule has 1 aromatic rings. The summed E-state index contributed by atoms with van der Waals surface area (Å²) in [6.07, 6.45) is 9.05. The Bertz CT molecular complexity index is 1380. The zero-order chi connectivity index (χ0) is 25.9. The van der Waals surface area contributed by atoms with Crippen LogP contribution in [0.15, 0.2) is 71.9 Å². The normalized spacial score (nSPS) is 40.9. The summed E-state index contributed by atoms with van der Waals surface area (Å²) in [6, 6.07) is 6.03. The molecule has 1 aliphatic heterocycles. The molecule has 0 aromatic heterocycles. The summed E-state index contributed by atoms with van der Waals surface area (Å²) in [4.78, 5) is 47.3. The second-order valence-electron chi connectivity index (χ2n) is 10.3. The number of esters is 1. The molecule has 5 aliphatic rings. The maximum Gasteiger partial charge on any atom is 0.327 e. The zero-order valence-corrected chi connectivity index (χ0v) is 19.7. The molecule has 0 radical (unpaired) electrons. The van der Waals surface area contributed by atoms with Crippen molar-refractivity contribution in [2.75, 3.05) is 7.11 Å². The van der Waals surface area contributed by atoms with Gasteiger partial charge < -0.3 is 19.7 Å². The standard InChI is InChI=1S/C27H24O9/c1-23(2)12-13-24(35-23)25(22(30)34-3)20-18(26(24,31)16-10-6-5-9-15(16)21(25)29)19(28)14-8-4-7-11-17(14)27(20,32)36-33/h4-14,17,31-33H,1-3H3. The highest BCUT2D eigenvalue weighted by Crippen LogP contribution is 2.73. The van der Waals surface area contributed by atoms with Crippen molar-refractivity contribution in [3.8, 4) is 0 Å². The molecule has 9 nitrogen and oxygen atoms in total. The number of ether oxygens (including phenoxy) is 2. The van der Waals surface area contributed by atoms with Gasteiger partial charge >= 0.3 is 5.97 Å². The lowest BCUT2D eigenvalue weighted by Gasteiger charge is -2.52. The highest BCUT2D eigenvalue weighted by Gasteiger charge is 2.87. The van der Waals surface area contributed by atoms with E-state index < -0.39 is 68.5 Å². The number of hydrogen-bond acceptors (Lipinski definition) is 9.